The molecule has 0 saturated heterocycles. The average Bonchev–Trinajstić information content (AvgIpc) is 2.79. The van der Waals surface area contributed by atoms with Crippen LogP contribution in [0.4, 0.5) is 0 Å². The van der Waals surface area contributed by atoms with Crippen LogP contribution in [0.25, 0.3) is 10.9 Å². The maximum atomic E-state index is 13.5. The molecule has 0 fully saturated rings. The molecular weight excluding hydrogens is 450 g/mol. The molecule has 0 radical (unpaired) electrons. The summed E-state index contributed by atoms with van der Waals surface area (Å²) in [7, 11) is -2.46. The molecule has 0 amide bonds. The number of nitrogens with zero attached hydrogens (tertiary/aromatic N) is 2. The van der Waals surface area contributed by atoms with Gasteiger partial charge in [0.1, 0.15) is 10.6 Å². The first-order valence-electron chi connectivity index (χ1n) is 9.72. The number of aromatic nitrogens is 2. The van der Waals surface area contributed by atoms with Crippen LogP contribution >= 0.6 is 11.6 Å². The number of sulfonamides is 1. The summed E-state index contributed by atoms with van der Waals surface area (Å²) in [5.41, 5.74) is 1.24. The molecule has 0 saturated carbocycles. The van der Waals surface area contributed by atoms with Crippen LogP contribution in [0.1, 0.15) is 11.1 Å². The summed E-state index contributed by atoms with van der Waals surface area (Å²) in [5, 5.41) is 0.844. The number of nitrogens with one attached hydrogen (secondary N) is 1. The van der Waals surface area contributed by atoms with Gasteiger partial charge in [0.15, 0.2) is 0 Å². The van der Waals surface area contributed by atoms with Gasteiger partial charge in [-0.2, -0.15) is 4.31 Å². The zero-order chi connectivity index (χ0) is 22.7. The van der Waals surface area contributed by atoms with Crippen molar-refractivity contribution in [2.45, 2.75) is 18.0 Å². The summed E-state index contributed by atoms with van der Waals surface area (Å²) in [6.45, 7) is -0.123. The highest BCUT2D eigenvalue weighted by Crippen LogP contribution is 2.27. The monoisotopic (exact) mass is 469 g/mol. The lowest BCUT2D eigenvalue weighted by atomic mass is 10.1. The van der Waals surface area contributed by atoms with Gasteiger partial charge in [-0.3, -0.25) is 9.78 Å². The van der Waals surface area contributed by atoms with Gasteiger partial charge in [0.05, 0.1) is 12.1 Å². The van der Waals surface area contributed by atoms with Crippen molar-refractivity contribution in [2.75, 3.05) is 7.11 Å². The summed E-state index contributed by atoms with van der Waals surface area (Å²) in [6, 6.07) is 16.7. The van der Waals surface area contributed by atoms with Gasteiger partial charge >= 0.3 is 0 Å². The summed E-state index contributed by atoms with van der Waals surface area (Å²) in [6.07, 6.45) is 3.20. The number of hydrogen-bond donors (Lipinski definition) is 1. The molecule has 0 aliphatic heterocycles. The summed E-state index contributed by atoms with van der Waals surface area (Å²) >= 11 is 6.20. The second kappa shape index (κ2) is 9.12. The molecule has 0 atom stereocenters. The molecule has 4 aromatic rings. The predicted octanol–water partition coefficient (Wildman–Crippen LogP) is 3.98. The van der Waals surface area contributed by atoms with Crippen molar-refractivity contribution in [3.63, 3.8) is 0 Å². The van der Waals surface area contributed by atoms with Gasteiger partial charge in [0, 0.05) is 41.9 Å². The fraction of sp³-hybridized carbons (Fsp3) is 0.130. The molecule has 1 N–H and O–H groups in total. The van der Waals surface area contributed by atoms with Crippen molar-refractivity contribution in [3.8, 4) is 5.75 Å². The highest BCUT2D eigenvalue weighted by atomic mass is 35.5. The van der Waals surface area contributed by atoms with Gasteiger partial charge in [0.25, 0.3) is 5.56 Å². The Morgan fingerprint density at radius 1 is 1.06 bits per heavy atom. The van der Waals surface area contributed by atoms with E-state index in [2.05, 4.69) is 9.97 Å². The molecule has 32 heavy (non-hydrogen) atoms. The van der Waals surface area contributed by atoms with E-state index in [0.29, 0.717) is 22.4 Å². The minimum absolute atomic E-state index is 0.0237. The quantitative estimate of drug-likeness (QED) is 0.442. The number of aromatic amines is 1. The first kappa shape index (κ1) is 22.0. The topological polar surface area (TPSA) is 92.4 Å². The number of ether oxygens (including phenoxy) is 1. The van der Waals surface area contributed by atoms with E-state index in [9.17, 15) is 13.2 Å². The van der Waals surface area contributed by atoms with Gasteiger partial charge in [-0.15, -0.1) is 0 Å². The molecule has 4 rings (SSSR count). The van der Waals surface area contributed by atoms with E-state index in [0.717, 1.165) is 5.39 Å². The van der Waals surface area contributed by atoms with Crippen LogP contribution in [0, 0.1) is 0 Å². The molecule has 0 aliphatic carbocycles. The Morgan fingerprint density at radius 2 is 1.88 bits per heavy atom. The van der Waals surface area contributed by atoms with Gasteiger partial charge in [-0.25, -0.2) is 8.42 Å². The Balaban J connectivity index is 1.79. The molecule has 0 bridgehead atoms. The van der Waals surface area contributed by atoms with E-state index < -0.39 is 10.0 Å². The van der Waals surface area contributed by atoms with Gasteiger partial charge in [-0.1, -0.05) is 29.8 Å². The van der Waals surface area contributed by atoms with Crippen LogP contribution < -0.4 is 10.3 Å². The van der Waals surface area contributed by atoms with Crippen molar-refractivity contribution in [1.29, 1.82) is 0 Å². The van der Waals surface area contributed by atoms with E-state index in [4.69, 9.17) is 16.3 Å². The van der Waals surface area contributed by atoms with Crippen molar-refractivity contribution in [2.24, 2.45) is 0 Å². The fourth-order valence-electron chi connectivity index (χ4n) is 3.38. The zero-order valence-corrected chi connectivity index (χ0v) is 18.7. The number of benzene rings is 2. The Kier molecular flexibility index (Phi) is 6.27. The highest BCUT2D eigenvalue weighted by molar-refractivity contribution is 7.89. The summed E-state index contributed by atoms with van der Waals surface area (Å²) in [4.78, 5) is 19.6. The molecular formula is C23H20ClN3O4S. The van der Waals surface area contributed by atoms with Crippen LogP contribution in [0.5, 0.6) is 5.75 Å². The number of pyridine rings is 2. The van der Waals surface area contributed by atoms with E-state index in [1.54, 1.807) is 68.0 Å². The van der Waals surface area contributed by atoms with Crippen LogP contribution in [-0.2, 0) is 23.1 Å². The minimum Gasteiger partial charge on any atom is -0.497 e. The second-order valence-electron chi connectivity index (χ2n) is 7.14. The molecule has 9 heteroatoms. The lowest BCUT2D eigenvalue weighted by Gasteiger charge is -2.23. The van der Waals surface area contributed by atoms with Crippen molar-refractivity contribution < 1.29 is 13.2 Å². The lowest BCUT2D eigenvalue weighted by molar-refractivity contribution is 0.399. The Hall–Kier alpha value is -3.20. The van der Waals surface area contributed by atoms with Gasteiger partial charge in [0.2, 0.25) is 10.0 Å². The zero-order valence-electron chi connectivity index (χ0n) is 17.2. The number of hydrogen-bond acceptors (Lipinski definition) is 5. The van der Waals surface area contributed by atoms with Crippen molar-refractivity contribution >= 4 is 32.5 Å². The molecule has 2 heterocycles. The summed E-state index contributed by atoms with van der Waals surface area (Å²) < 4.78 is 33.5. The third kappa shape index (κ3) is 4.52. The number of halogens is 1. The van der Waals surface area contributed by atoms with Crippen molar-refractivity contribution in [1.82, 2.24) is 14.3 Å². The fourth-order valence-corrected chi connectivity index (χ4v) is 5.28. The van der Waals surface area contributed by atoms with E-state index >= 15 is 0 Å². The summed E-state index contributed by atoms with van der Waals surface area (Å²) in [5.74, 6) is 0.631. The number of H-pyrrole nitrogens is 1. The SMILES string of the molecule is COc1ccc2[nH]c(=O)c(CN(Cc3cccnc3)S(=O)(=O)c3ccccc3Cl)cc2c1. The van der Waals surface area contributed by atoms with Crippen LogP contribution in [0.3, 0.4) is 0 Å². The second-order valence-corrected chi connectivity index (χ2v) is 9.46. The Bertz CT molecular complexity index is 1420. The molecule has 7 nitrogen and oxygen atoms in total. The Labute approximate surface area is 190 Å². The van der Waals surface area contributed by atoms with Gasteiger partial charge < -0.3 is 9.72 Å². The highest BCUT2D eigenvalue weighted by Gasteiger charge is 2.28. The maximum absolute atomic E-state index is 13.5. The maximum Gasteiger partial charge on any atom is 0.252 e. The molecule has 2 aromatic heterocycles. The minimum atomic E-state index is -4.01. The lowest BCUT2D eigenvalue weighted by Crippen LogP contribution is -2.32. The van der Waals surface area contributed by atoms with E-state index in [-0.39, 0.29) is 28.6 Å². The third-order valence-electron chi connectivity index (χ3n) is 5.01. The Morgan fingerprint density at radius 3 is 2.59 bits per heavy atom. The molecule has 2 aromatic carbocycles. The molecule has 0 spiro atoms. The number of methoxy groups -OCH3 is 1. The first-order chi connectivity index (χ1) is 15.4. The normalized spacial score (nSPS) is 11.7. The smallest absolute Gasteiger partial charge is 0.252 e. The van der Waals surface area contributed by atoms with Gasteiger partial charge in [-0.05, 0) is 48.0 Å². The first-order valence-corrected chi connectivity index (χ1v) is 11.5. The van der Waals surface area contributed by atoms with E-state index in [1.807, 2.05) is 0 Å². The average molecular weight is 470 g/mol. The van der Waals surface area contributed by atoms with Crippen LogP contribution in [0.2, 0.25) is 5.02 Å². The van der Waals surface area contributed by atoms with E-state index in [1.165, 1.54) is 16.4 Å². The number of rotatable bonds is 7. The predicted molar refractivity (Wildman–Crippen MR) is 123 cm³/mol. The molecule has 164 valence electrons. The third-order valence-corrected chi connectivity index (χ3v) is 7.30. The molecule has 0 unspecified atom stereocenters. The standard InChI is InChI=1S/C23H20ClN3O4S/c1-31-19-8-9-21-17(12-19)11-18(23(28)26-21)15-27(14-16-5-4-10-25-13-16)32(29,30)22-7-3-2-6-20(22)24/h2-13H,14-15H2,1H3,(H,26,28). The van der Waals surface area contributed by atoms with Crippen LogP contribution in [-0.4, -0.2) is 29.8 Å². The van der Waals surface area contributed by atoms with Crippen molar-refractivity contribution in [3.05, 3.63) is 99.6 Å². The molecule has 0 aliphatic rings. The number of fused-ring (bicyclic) bond motifs is 1. The largest absolute Gasteiger partial charge is 0.497 e. The van der Waals surface area contributed by atoms with Crippen LogP contribution in [0.15, 0.2) is 82.7 Å².